The predicted octanol–water partition coefficient (Wildman–Crippen LogP) is 3.95. The monoisotopic (exact) mass is 422 g/mol. The van der Waals surface area contributed by atoms with Gasteiger partial charge in [-0.15, -0.1) is 5.10 Å². The summed E-state index contributed by atoms with van der Waals surface area (Å²) in [6.07, 6.45) is 0.151. The molecule has 3 N–H and O–H groups in total. The average molecular weight is 423 g/mol. The number of fused-ring (bicyclic) bond motifs is 1. The van der Waals surface area contributed by atoms with Crippen LogP contribution in [0.25, 0.3) is 5.78 Å². The number of hydrogen-bond acceptors (Lipinski definition) is 6. The Morgan fingerprint density at radius 3 is 2.60 bits per heavy atom. The molecule has 0 saturated heterocycles. The minimum absolute atomic E-state index is 0.144. The molecule has 0 spiro atoms. The van der Waals surface area contributed by atoms with E-state index in [2.05, 4.69) is 20.4 Å². The minimum atomic E-state index is -0.171. The molecule has 2 aromatic carbocycles. The van der Waals surface area contributed by atoms with Gasteiger partial charge in [-0.05, 0) is 50.2 Å². The number of hydrogen-bond donors (Lipinski definition) is 2. The molecule has 8 nitrogen and oxygen atoms in total. The van der Waals surface area contributed by atoms with Crippen molar-refractivity contribution < 1.29 is 9.53 Å². The maximum absolute atomic E-state index is 12.6. The molecule has 0 aliphatic carbocycles. The van der Waals surface area contributed by atoms with Crippen LogP contribution in [0.1, 0.15) is 17.0 Å². The summed E-state index contributed by atoms with van der Waals surface area (Å²) in [7, 11) is 0. The molecule has 30 heavy (non-hydrogen) atoms. The third-order valence-corrected chi connectivity index (χ3v) is 4.92. The van der Waals surface area contributed by atoms with Gasteiger partial charge in [0.05, 0.1) is 11.4 Å². The Morgan fingerprint density at radius 2 is 1.87 bits per heavy atom. The molecule has 0 radical (unpaired) electrons. The molecule has 2 heterocycles. The number of aryl methyl sites for hydroxylation is 2. The average Bonchev–Trinajstić information content (AvgIpc) is 3.09. The number of amides is 1. The van der Waals surface area contributed by atoms with Crippen LogP contribution in [-0.4, -0.2) is 25.5 Å². The fourth-order valence-electron chi connectivity index (χ4n) is 3.11. The Kier molecular flexibility index (Phi) is 5.24. The van der Waals surface area contributed by atoms with E-state index >= 15 is 0 Å². The number of nitrogens with zero attached hydrogens (tertiary/aromatic N) is 4. The van der Waals surface area contributed by atoms with Crippen molar-refractivity contribution in [3.63, 3.8) is 0 Å². The molecular formula is C21H19ClN6O2. The fourth-order valence-corrected chi connectivity index (χ4v) is 3.28. The number of anilines is 2. The van der Waals surface area contributed by atoms with Crippen molar-refractivity contribution in [3.05, 3.63) is 70.5 Å². The molecular weight excluding hydrogens is 404 g/mol. The van der Waals surface area contributed by atoms with Crippen LogP contribution in [0, 0.1) is 13.8 Å². The van der Waals surface area contributed by atoms with Gasteiger partial charge in [0.1, 0.15) is 11.5 Å². The molecule has 0 atom stereocenters. The zero-order chi connectivity index (χ0) is 21.3. The first-order chi connectivity index (χ1) is 14.4. The fraction of sp³-hybridized carbons (Fsp3) is 0.143. The number of carbonyl (C=O) groups excluding carboxylic acids is 1. The highest BCUT2D eigenvalue weighted by Gasteiger charge is 2.15. The summed E-state index contributed by atoms with van der Waals surface area (Å²) in [5, 5.41) is 7.53. The van der Waals surface area contributed by atoms with Gasteiger partial charge in [0.25, 0.3) is 5.78 Å². The van der Waals surface area contributed by atoms with Gasteiger partial charge in [0.2, 0.25) is 11.9 Å². The molecule has 2 aromatic heterocycles. The number of halogens is 1. The molecule has 1 amide bonds. The lowest BCUT2D eigenvalue weighted by atomic mass is 10.1. The van der Waals surface area contributed by atoms with Crippen LogP contribution in [0.5, 0.6) is 11.5 Å². The second kappa shape index (κ2) is 8.00. The van der Waals surface area contributed by atoms with E-state index in [0.717, 1.165) is 11.3 Å². The number of nitrogens with two attached hydrogens (primary N) is 1. The van der Waals surface area contributed by atoms with Crippen molar-refractivity contribution in [2.75, 3.05) is 11.1 Å². The Hall–Kier alpha value is -3.65. The molecule has 4 rings (SSSR count). The largest absolute Gasteiger partial charge is 0.456 e. The van der Waals surface area contributed by atoms with Crippen LogP contribution in [-0.2, 0) is 11.2 Å². The standard InChI is InChI=1S/C21H19ClN6O2/c1-12-16(13(2)28-21(24-12)26-20(23)27-28)11-19(29)25-14-7-9-15(10-8-14)30-18-6-4-3-5-17(18)22/h3-10H,11H2,1-2H3,(H2,23,27)(H,25,29). The summed E-state index contributed by atoms with van der Waals surface area (Å²) in [4.78, 5) is 21.0. The number of rotatable bonds is 5. The highest BCUT2D eigenvalue weighted by molar-refractivity contribution is 6.32. The van der Waals surface area contributed by atoms with Crippen LogP contribution in [0.2, 0.25) is 5.02 Å². The molecule has 9 heteroatoms. The number of benzene rings is 2. The van der Waals surface area contributed by atoms with Crippen molar-refractivity contribution >= 4 is 34.9 Å². The molecule has 0 unspecified atom stereocenters. The highest BCUT2D eigenvalue weighted by atomic mass is 35.5. The van der Waals surface area contributed by atoms with Crippen LogP contribution in [0.15, 0.2) is 48.5 Å². The van der Waals surface area contributed by atoms with Crippen molar-refractivity contribution in [3.8, 4) is 11.5 Å². The zero-order valence-electron chi connectivity index (χ0n) is 16.4. The summed E-state index contributed by atoms with van der Waals surface area (Å²) >= 11 is 6.11. The molecule has 0 aliphatic rings. The van der Waals surface area contributed by atoms with E-state index in [4.69, 9.17) is 22.1 Å². The van der Waals surface area contributed by atoms with E-state index in [-0.39, 0.29) is 18.3 Å². The number of aromatic nitrogens is 4. The van der Waals surface area contributed by atoms with Gasteiger partial charge in [0, 0.05) is 22.6 Å². The molecule has 4 aromatic rings. The Morgan fingerprint density at radius 1 is 1.13 bits per heavy atom. The van der Waals surface area contributed by atoms with E-state index < -0.39 is 0 Å². The van der Waals surface area contributed by atoms with Crippen molar-refractivity contribution in [1.29, 1.82) is 0 Å². The number of para-hydroxylation sites is 1. The molecule has 0 bridgehead atoms. The maximum Gasteiger partial charge on any atom is 0.254 e. The highest BCUT2D eigenvalue weighted by Crippen LogP contribution is 2.29. The number of nitrogen functional groups attached to an aromatic ring is 1. The third kappa shape index (κ3) is 4.04. The lowest BCUT2D eigenvalue weighted by Gasteiger charge is -2.11. The topological polar surface area (TPSA) is 107 Å². The van der Waals surface area contributed by atoms with Crippen LogP contribution in [0.4, 0.5) is 11.6 Å². The summed E-state index contributed by atoms with van der Waals surface area (Å²) in [5.74, 6) is 1.58. The summed E-state index contributed by atoms with van der Waals surface area (Å²) in [6, 6.07) is 14.3. The second-order valence-corrected chi connectivity index (χ2v) is 7.13. The minimum Gasteiger partial charge on any atom is -0.456 e. The van der Waals surface area contributed by atoms with Crippen LogP contribution >= 0.6 is 11.6 Å². The lowest BCUT2D eigenvalue weighted by Crippen LogP contribution is -2.17. The molecule has 0 saturated carbocycles. The normalized spacial score (nSPS) is 10.9. The van der Waals surface area contributed by atoms with Gasteiger partial charge in [0.15, 0.2) is 0 Å². The van der Waals surface area contributed by atoms with Crippen molar-refractivity contribution in [1.82, 2.24) is 19.6 Å². The van der Waals surface area contributed by atoms with Crippen LogP contribution < -0.4 is 15.8 Å². The SMILES string of the molecule is Cc1nc2nc(N)nn2c(C)c1CC(=O)Nc1ccc(Oc2ccccc2Cl)cc1. The maximum atomic E-state index is 12.6. The van der Waals surface area contributed by atoms with E-state index in [1.54, 1.807) is 40.9 Å². The number of ether oxygens (including phenoxy) is 1. The van der Waals surface area contributed by atoms with Gasteiger partial charge < -0.3 is 15.8 Å². The van der Waals surface area contributed by atoms with E-state index in [1.165, 1.54) is 0 Å². The first kappa shape index (κ1) is 19.7. The molecule has 0 aliphatic heterocycles. The smallest absolute Gasteiger partial charge is 0.254 e. The second-order valence-electron chi connectivity index (χ2n) is 6.72. The molecule has 152 valence electrons. The Labute approximate surface area is 177 Å². The quantitative estimate of drug-likeness (QED) is 0.504. The van der Waals surface area contributed by atoms with Gasteiger partial charge >= 0.3 is 0 Å². The third-order valence-electron chi connectivity index (χ3n) is 4.61. The van der Waals surface area contributed by atoms with E-state index in [0.29, 0.717) is 33.7 Å². The summed E-state index contributed by atoms with van der Waals surface area (Å²) in [5.41, 5.74) is 8.58. The lowest BCUT2D eigenvalue weighted by molar-refractivity contribution is -0.115. The first-order valence-corrected chi connectivity index (χ1v) is 9.59. The van der Waals surface area contributed by atoms with Crippen LogP contribution in [0.3, 0.4) is 0 Å². The number of nitrogens with one attached hydrogen (secondary N) is 1. The summed E-state index contributed by atoms with van der Waals surface area (Å²) in [6.45, 7) is 3.70. The van der Waals surface area contributed by atoms with E-state index in [9.17, 15) is 4.79 Å². The summed E-state index contributed by atoms with van der Waals surface area (Å²) < 4.78 is 7.31. The van der Waals surface area contributed by atoms with Crippen molar-refractivity contribution in [2.24, 2.45) is 0 Å². The predicted molar refractivity (Wildman–Crippen MR) is 115 cm³/mol. The zero-order valence-corrected chi connectivity index (χ0v) is 17.1. The van der Waals surface area contributed by atoms with Gasteiger partial charge in [-0.25, -0.2) is 4.98 Å². The Bertz CT molecular complexity index is 1240. The molecule has 0 fully saturated rings. The van der Waals surface area contributed by atoms with E-state index in [1.807, 2.05) is 26.0 Å². The van der Waals surface area contributed by atoms with Gasteiger partial charge in [-0.3, -0.25) is 4.79 Å². The Balaban J connectivity index is 1.46. The first-order valence-electron chi connectivity index (χ1n) is 9.21. The van der Waals surface area contributed by atoms with Crippen molar-refractivity contribution in [2.45, 2.75) is 20.3 Å². The van der Waals surface area contributed by atoms with Gasteiger partial charge in [-0.2, -0.15) is 9.50 Å². The number of carbonyl (C=O) groups is 1. The van der Waals surface area contributed by atoms with Gasteiger partial charge in [-0.1, -0.05) is 23.7 Å².